The van der Waals surface area contributed by atoms with E-state index in [2.05, 4.69) is 43.3 Å². The fourth-order valence-corrected chi connectivity index (χ4v) is 5.04. The van der Waals surface area contributed by atoms with Crippen LogP contribution in [-0.2, 0) is 9.53 Å². The quantitative estimate of drug-likeness (QED) is 0.593. The summed E-state index contributed by atoms with van der Waals surface area (Å²) in [7, 11) is 0. The molecule has 3 atom stereocenters. The van der Waals surface area contributed by atoms with Crippen molar-refractivity contribution in [2.45, 2.75) is 25.6 Å². The van der Waals surface area contributed by atoms with Gasteiger partial charge in [0.05, 0.1) is 5.41 Å². The van der Waals surface area contributed by atoms with E-state index in [0.717, 1.165) is 27.8 Å². The van der Waals surface area contributed by atoms with Crippen LogP contribution in [0.3, 0.4) is 0 Å². The van der Waals surface area contributed by atoms with E-state index in [1.54, 1.807) is 0 Å². The molecule has 0 radical (unpaired) electrons. The molecule has 3 aromatic rings. The zero-order chi connectivity index (χ0) is 19.4. The van der Waals surface area contributed by atoms with E-state index in [9.17, 15) is 4.79 Å². The van der Waals surface area contributed by atoms with Gasteiger partial charge in [0.1, 0.15) is 6.10 Å². The van der Waals surface area contributed by atoms with Crippen molar-refractivity contribution < 1.29 is 9.53 Å². The molecule has 3 aromatic carbocycles. The number of carbonyl (C=O) groups excluding carboxylic acids is 1. The third kappa shape index (κ3) is 2.15. The third-order valence-corrected chi connectivity index (χ3v) is 6.26. The molecule has 2 nitrogen and oxygen atoms in total. The van der Waals surface area contributed by atoms with Gasteiger partial charge in [-0.2, -0.15) is 0 Å². The van der Waals surface area contributed by atoms with Crippen LogP contribution in [0.1, 0.15) is 36.6 Å². The van der Waals surface area contributed by atoms with Gasteiger partial charge in [-0.05, 0) is 36.1 Å². The van der Waals surface area contributed by atoms with Crippen LogP contribution in [-0.4, -0.2) is 11.4 Å². The predicted octanol–water partition coefficient (Wildman–Crippen LogP) is 5.72. The zero-order valence-electron chi connectivity index (χ0n) is 16.1. The van der Waals surface area contributed by atoms with Crippen LogP contribution in [0.25, 0.3) is 11.1 Å². The van der Waals surface area contributed by atoms with Crippen LogP contribution in [0.4, 0.5) is 0 Å². The SMILES string of the molecule is C[C@]12O[C@H](c3ccccc3)[C@](C)(C1=O)C(c1ccccc1)=C2c1ccccc1. The van der Waals surface area contributed by atoms with E-state index in [1.807, 2.05) is 61.5 Å². The van der Waals surface area contributed by atoms with Gasteiger partial charge in [0.2, 0.25) is 0 Å². The van der Waals surface area contributed by atoms with Gasteiger partial charge in [-0.25, -0.2) is 0 Å². The third-order valence-electron chi connectivity index (χ3n) is 6.26. The van der Waals surface area contributed by atoms with Gasteiger partial charge in [0.25, 0.3) is 0 Å². The summed E-state index contributed by atoms with van der Waals surface area (Å²) in [5, 5.41) is 0. The molecule has 0 unspecified atom stereocenters. The van der Waals surface area contributed by atoms with Crippen LogP contribution in [0, 0.1) is 5.41 Å². The molecule has 0 N–H and O–H groups in total. The lowest BCUT2D eigenvalue weighted by atomic mass is 9.72. The molecule has 5 rings (SSSR count). The van der Waals surface area contributed by atoms with Crippen molar-refractivity contribution in [1.29, 1.82) is 0 Å². The van der Waals surface area contributed by atoms with E-state index < -0.39 is 11.0 Å². The molecule has 28 heavy (non-hydrogen) atoms. The first kappa shape index (κ1) is 17.2. The number of hydrogen-bond donors (Lipinski definition) is 0. The maximum absolute atomic E-state index is 13.8. The lowest BCUT2D eigenvalue weighted by Crippen LogP contribution is -2.32. The smallest absolute Gasteiger partial charge is 0.182 e. The summed E-state index contributed by atoms with van der Waals surface area (Å²) in [6, 6.07) is 30.6. The van der Waals surface area contributed by atoms with Gasteiger partial charge in [0, 0.05) is 5.57 Å². The molecule has 138 valence electrons. The van der Waals surface area contributed by atoms with Gasteiger partial charge in [-0.1, -0.05) is 91.0 Å². The molecule has 1 aliphatic carbocycles. The summed E-state index contributed by atoms with van der Waals surface area (Å²) < 4.78 is 6.56. The average molecular weight is 366 g/mol. The maximum Gasteiger partial charge on any atom is 0.182 e. The highest BCUT2D eigenvalue weighted by atomic mass is 16.5. The molecule has 0 amide bonds. The molecule has 0 aromatic heterocycles. The number of benzene rings is 3. The Morgan fingerprint density at radius 3 is 1.68 bits per heavy atom. The van der Waals surface area contributed by atoms with E-state index in [1.165, 1.54) is 0 Å². The Morgan fingerprint density at radius 2 is 1.14 bits per heavy atom. The van der Waals surface area contributed by atoms with E-state index in [0.29, 0.717) is 0 Å². The van der Waals surface area contributed by atoms with Crippen molar-refractivity contribution in [3.8, 4) is 0 Å². The van der Waals surface area contributed by atoms with Gasteiger partial charge < -0.3 is 4.74 Å². The molecule has 2 heteroatoms. The van der Waals surface area contributed by atoms with Crippen LogP contribution >= 0.6 is 0 Å². The number of carbonyl (C=O) groups is 1. The highest BCUT2D eigenvalue weighted by Crippen LogP contribution is 2.67. The van der Waals surface area contributed by atoms with Crippen molar-refractivity contribution in [2.75, 3.05) is 0 Å². The Kier molecular flexibility index (Phi) is 3.68. The van der Waals surface area contributed by atoms with Crippen LogP contribution < -0.4 is 0 Å². The Bertz CT molecular complexity index is 1070. The van der Waals surface area contributed by atoms with Gasteiger partial charge >= 0.3 is 0 Å². The molecular formula is C26H22O2. The number of ketones is 1. The van der Waals surface area contributed by atoms with E-state index in [-0.39, 0.29) is 11.9 Å². The van der Waals surface area contributed by atoms with Crippen molar-refractivity contribution in [3.63, 3.8) is 0 Å². The summed E-state index contributed by atoms with van der Waals surface area (Å²) in [4.78, 5) is 13.8. The maximum atomic E-state index is 13.8. The molecule has 0 saturated carbocycles. The topological polar surface area (TPSA) is 26.3 Å². The van der Waals surface area contributed by atoms with Gasteiger partial charge in [0.15, 0.2) is 11.4 Å². The minimum Gasteiger partial charge on any atom is -0.353 e. The van der Waals surface area contributed by atoms with Crippen molar-refractivity contribution >= 4 is 16.9 Å². The van der Waals surface area contributed by atoms with Crippen molar-refractivity contribution in [1.82, 2.24) is 0 Å². The largest absolute Gasteiger partial charge is 0.353 e. The Balaban J connectivity index is 1.82. The van der Waals surface area contributed by atoms with Gasteiger partial charge in [-0.3, -0.25) is 4.79 Å². The monoisotopic (exact) mass is 366 g/mol. The van der Waals surface area contributed by atoms with Crippen LogP contribution in [0.2, 0.25) is 0 Å². The summed E-state index contributed by atoms with van der Waals surface area (Å²) >= 11 is 0. The Hall–Kier alpha value is -2.97. The second-order valence-electron chi connectivity index (χ2n) is 7.96. The highest BCUT2D eigenvalue weighted by molar-refractivity contribution is 6.24. The van der Waals surface area contributed by atoms with E-state index in [4.69, 9.17) is 4.74 Å². The molecule has 1 heterocycles. The zero-order valence-corrected chi connectivity index (χ0v) is 16.1. The summed E-state index contributed by atoms with van der Waals surface area (Å²) in [5.74, 6) is 0.145. The number of ether oxygens (including phenoxy) is 1. The van der Waals surface area contributed by atoms with Gasteiger partial charge in [-0.15, -0.1) is 0 Å². The minimum atomic E-state index is -0.957. The number of hydrogen-bond acceptors (Lipinski definition) is 2. The Labute approximate surface area is 165 Å². The second-order valence-corrected chi connectivity index (χ2v) is 7.96. The molecular weight excluding hydrogens is 344 g/mol. The lowest BCUT2D eigenvalue weighted by Gasteiger charge is -2.36. The molecule has 1 saturated heterocycles. The molecule has 2 bridgehead atoms. The first-order valence-corrected chi connectivity index (χ1v) is 9.70. The highest BCUT2D eigenvalue weighted by Gasteiger charge is 2.68. The fourth-order valence-electron chi connectivity index (χ4n) is 5.04. The molecule has 0 spiro atoms. The number of Topliss-reactive ketones (excluding diaryl/α,β-unsaturated/α-hetero) is 1. The van der Waals surface area contributed by atoms with Crippen LogP contribution in [0.15, 0.2) is 91.0 Å². The Morgan fingerprint density at radius 1 is 0.679 bits per heavy atom. The van der Waals surface area contributed by atoms with Crippen molar-refractivity contribution in [3.05, 3.63) is 108 Å². The fraction of sp³-hybridized carbons (Fsp3) is 0.192. The summed E-state index contributed by atoms with van der Waals surface area (Å²) in [6.07, 6.45) is -0.297. The molecule has 2 aliphatic rings. The molecule has 1 fully saturated rings. The predicted molar refractivity (Wildman–Crippen MR) is 111 cm³/mol. The normalized spacial score (nSPS) is 28.8. The van der Waals surface area contributed by atoms with E-state index >= 15 is 0 Å². The lowest BCUT2D eigenvalue weighted by molar-refractivity contribution is -0.127. The number of rotatable bonds is 3. The summed E-state index contributed by atoms with van der Waals surface area (Å²) in [5.41, 5.74) is 3.58. The minimum absolute atomic E-state index is 0.145. The average Bonchev–Trinajstić information content (AvgIpc) is 3.06. The summed E-state index contributed by atoms with van der Waals surface area (Å²) in [6.45, 7) is 3.99. The van der Waals surface area contributed by atoms with Crippen molar-refractivity contribution in [2.24, 2.45) is 5.41 Å². The second kappa shape index (κ2) is 6.02. The number of fused-ring (bicyclic) bond motifs is 2. The first-order chi connectivity index (χ1) is 13.6. The standard InChI is InChI=1S/C26H22O2/c1-25-21(18-12-6-3-7-13-18)22(19-14-8-4-9-15-19)26(2,24(25)27)28-23(25)20-16-10-5-11-17-20/h3-17,23H,1-2H3/t23-,25-,26-/m1/s1. The van der Waals surface area contributed by atoms with Crippen LogP contribution in [0.5, 0.6) is 0 Å². The molecule has 1 aliphatic heterocycles. The first-order valence-electron chi connectivity index (χ1n) is 9.70.